The molecule has 1 aromatic rings. The summed E-state index contributed by atoms with van der Waals surface area (Å²) in [5.41, 5.74) is 1.27. The van der Waals surface area contributed by atoms with Gasteiger partial charge in [-0.25, -0.2) is 0 Å². The Labute approximate surface area is 97.7 Å². The normalized spacial score (nSPS) is 12.1. The number of nitrogens with one attached hydrogen (secondary N) is 1. The SMILES string of the molecule is CN(C)CCC(Cc1ccccc1)NC#N. The van der Waals surface area contributed by atoms with Gasteiger partial charge in [0.15, 0.2) is 6.19 Å². The second-order valence-electron chi connectivity index (χ2n) is 4.23. The lowest BCUT2D eigenvalue weighted by atomic mass is 10.0. The Morgan fingerprint density at radius 3 is 2.56 bits per heavy atom. The molecule has 3 nitrogen and oxygen atoms in total. The van der Waals surface area contributed by atoms with E-state index in [9.17, 15) is 0 Å². The van der Waals surface area contributed by atoms with Crippen molar-refractivity contribution in [2.75, 3.05) is 20.6 Å². The number of hydrogen-bond donors (Lipinski definition) is 1. The first-order valence-electron chi connectivity index (χ1n) is 5.55. The zero-order valence-corrected chi connectivity index (χ0v) is 9.98. The van der Waals surface area contributed by atoms with Crippen molar-refractivity contribution in [2.45, 2.75) is 18.9 Å². The van der Waals surface area contributed by atoms with Crippen LogP contribution in [0.15, 0.2) is 30.3 Å². The molecule has 1 unspecified atom stereocenters. The number of rotatable bonds is 6. The van der Waals surface area contributed by atoms with Crippen LogP contribution in [0.1, 0.15) is 12.0 Å². The van der Waals surface area contributed by atoms with Gasteiger partial charge in [-0.3, -0.25) is 0 Å². The number of hydrogen-bond acceptors (Lipinski definition) is 3. The highest BCUT2D eigenvalue weighted by molar-refractivity contribution is 5.16. The first kappa shape index (κ1) is 12.5. The van der Waals surface area contributed by atoms with Gasteiger partial charge in [0, 0.05) is 6.04 Å². The molecule has 0 aromatic heterocycles. The molecule has 1 rings (SSSR count). The Bertz CT molecular complexity index is 327. The van der Waals surface area contributed by atoms with Gasteiger partial charge in [0.1, 0.15) is 0 Å². The van der Waals surface area contributed by atoms with Crippen LogP contribution in [0.25, 0.3) is 0 Å². The standard InChI is InChI=1S/C13H19N3/c1-16(2)9-8-13(15-11-14)10-12-6-4-3-5-7-12/h3-7,13,15H,8-10H2,1-2H3. The van der Waals surface area contributed by atoms with Gasteiger partial charge in [0.2, 0.25) is 0 Å². The molecule has 0 aliphatic carbocycles. The summed E-state index contributed by atoms with van der Waals surface area (Å²) in [4.78, 5) is 2.14. The van der Waals surface area contributed by atoms with Crippen LogP contribution in [0.5, 0.6) is 0 Å². The van der Waals surface area contributed by atoms with Crippen molar-refractivity contribution in [3.63, 3.8) is 0 Å². The monoisotopic (exact) mass is 217 g/mol. The Morgan fingerprint density at radius 2 is 2.00 bits per heavy atom. The summed E-state index contributed by atoms with van der Waals surface area (Å²) < 4.78 is 0. The van der Waals surface area contributed by atoms with Crippen LogP contribution in [0.4, 0.5) is 0 Å². The highest BCUT2D eigenvalue weighted by Gasteiger charge is 2.08. The lowest BCUT2D eigenvalue weighted by molar-refractivity contribution is 0.369. The topological polar surface area (TPSA) is 39.1 Å². The van der Waals surface area contributed by atoms with E-state index in [1.165, 1.54) is 5.56 Å². The molecular weight excluding hydrogens is 198 g/mol. The molecule has 1 N–H and O–H groups in total. The van der Waals surface area contributed by atoms with Crippen molar-refractivity contribution >= 4 is 0 Å². The van der Waals surface area contributed by atoms with E-state index in [-0.39, 0.29) is 6.04 Å². The third-order valence-electron chi connectivity index (χ3n) is 2.52. The number of benzene rings is 1. The van der Waals surface area contributed by atoms with Gasteiger partial charge in [-0.05, 0) is 39.0 Å². The Kier molecular flexibility index (Phi) is 5.38. The first-order valence-corrected chi connectivity index (χ1v) is 5.55. The third-order valence-corrected chi connectivity index (χ3v) is 2.52. The minimum absolute atomic E-state index is 0.231. The molecule has 0 heterocycles. The molecular formula is C13H19N3. The van der Waals surface area contributed by atoms with Crippen molar-refractivity contribution in [3.8, 4) is 6.19 Å². The van der Waals surface area contributed by atoms with Gasteiger partial charge in [-0.15, -0.1) is 0 Å². The Hall–Kier alpha value is -1.53. The van der Waals surface area contributed by atoms with Gasteiger partial charge in [0.25, 0.3) is 0 Å². The van der Waals surface area contributed by atoms with Gasteiger partial charge in [0.05, 0.1) is 0 Å². The molecule has 0 fully saturated rings. The zero-order chi connectivity index (χ0) is 11.8. The van der Waals surface area contributed by atoms with Crippen LogP contribution >= 0.6 is 0 Å². The molecule has 0 amide bonds. The summed E-state index contributed by atoms with van der Waals surface area (Å²) in [6.07, 6.45) is 3.93. The summed E-state index contributed by atoms with van der Waals surface area (Å²) in [7, 11) is 4.10. The van der Waals surface area contributed by atoms with Crippen LogP contribution in [0.2, 0.25) is 0 Å². The smallest absolute Gasteiger partial charge is 0.176 e. The molecule has 16 heavy (non-hydrogen) atoms. The van der Waals surface area contributed by atoms with Crippen molar-refractivity contribution in [1.29, 1.82) is 5.26 Å². The molecule has 3 heteroatoms. The molecule has 86 valence electrons. The van der Waals surface area contributed by atoms with Crippen molar-refractivity contribution in [1.82, 2.24) is 10.2 Å². The second-order valence-corrected chi connectivity index (χ2v) is 4.23. The fraction of sp³-hybridized carbons (Fsp3) is 0.462. The lowest BCUT2D eigenvalue weighted by Gasteiger charge is -2.17. The van der Waals surface area contributed by atoms with E-state index >= 15 is 0 Å². The zero-order valence-electron chi connectivity index (χ0n) is 9.98. The highest BCUT2D eigenvalue weighted by Crippen LogP contribution is 2.05. The minimum Gasteiger partial charge on any atom is -0.320 e. The van der Waals surface area contributed by atoms with Gasteiger partial charge in [-0.2, -0.15) is 5.26 Å². The van der Waals surface area contributed by atoms with Gasteiger partial charge in [-0.1, -0.05) is 30.3 Å². The summed E-state index contributed by atoms with van der Waals surface area (Å²) in [6, 6.07) is 10.5. The van der Waals surface area contributed by atoms with Crippen LogP contribution in [0, 0.1) is 11.5 Å². The lowest BCUT2D eigenvalue weighted by Crippen LogP contribution is -2.31. The largest absolute Gasteiger partial charge is 0.320 e. The van der Waals surface area contributed by atoms with E-state index in [1.54, 1.807) is 0 Å². The fourth-order valence-corrected chi connectivity index (χ4v) is 1.63. The summed E-state index contributed by atoms with van der Waals surface area (Å²) >= 11 is 0. The Morgan fingerprint density at radius 1 is 1.31 bits per heavy atom. The van der Waals surface area contributed by atoms with E-state index in [1.807, 2.05) is 38.5 Å². The van der Waals surface area contributed by atoms with Crippen LogP contribution in [0.3, 0.4) is 0 Å². The van der Waals surface area contributed by atoms with E-state index < -0.39 is 0 Å². The van der Waals surface area contributed by atoms with Crippen LogP contribution < -0.4 is 5.32 Å². The molecule has 0 aliphatic heterocycles. The average Bonchev–Trinajstić information content (AvgIpc) is 2.27. The van der Waals surface area contributed by atoms with Crippen LogP contribution in [-0.4, -0.2) is 31.6 Å². The van der Waals surface area contributed by atoms with E-state index in [0.29, 0.717) is 0 Å². The highest BCUT2D eigenvalue weighted by atomic mass is 15.1. The third kappa shape index (κ3) is 4.81. The summed E-state index contributed by atoms with van der Waals surface area (Å²) in [6.45, 7) is 0.992. The minimum atomic E-state index is 0.231. The first-order chi connectivity index (χ1) is 7.72. The molecule has 1 aromatic carbocycles. The number of nitrogens with zero attached hydrogens (tertiary/aromatic N) is 2. The molecule has 0 spiro atoms. The second kappa shape index (κ2) is 6.86. The summed E-state index contributed by atoms with van der Waals surface area (Å²) in [5, 5.41) is 11.6. The van der Waals surface area contributed by atoms with Crippen LogP contribution in [-0.2, 0) is 6.42 Å². The van der Waals surface area contributed by atoms with E-state index in [2.05, 4.69) is 22.3 Å². The molecule has 0 radical (unpaired) electrons. The quantitative estimate of drug-likeness (QED) is 0.581. The van der Waals surface area contributed by atoms with Crippen molar-refractivity contribution in [2.24, 2.45) is 0 Å². The van der Waals surface area contributed by atoms with Crippen molar-refractivity contribution in [3.05, 3.63) is 35.9 Å². The maximum atomic E-state index is 8.71. The maximum Gasteiger partial charge on any atom is 0.176 e. The maximum absolute atomic E-state index is 8.71. The predicted octanol–water partition coefficient (Wildman–Crippen LogP) is 1.62. The summed E-state index contributed by atoms with van der Waals surface area (Å²) in [5.74, 6) is 0. The van der Waals surface area contributed by atoms with Gasteiger partial charge >= 0.3 is 0 Å². The number of nitriles is 1. The average molecular weight is 217 g/mol. The molecule has 0 saturated heterocycles. The molecule has 0 saturated carbocycles. The fourth-order valence-electron chi connectivity index (χ4n) is 1.63. The van der Waals surface area contributed by atoms with Gasteiger partial charge < -0.3 is 10.2 Å². The molecule has 1 atom stereocenters. The molecule has 0 bridgehead atoms. The van der Waals surface area contributed by atoms with E-state index in [0.717, 1.165) is 19.4 Å². The predicted molar refractivity (Wildman–Crippen MR) is 65.9 cm³/mol. The van der Waals surface area contributed by atoms with E-state index in [4.69, 9.17) is 5.26 Å². The Balaban J connectivity index is 2.48. The molecule has 0 aliphatic rings. The van der Waals surface area contributed by atoms with Crippen molar-refractivity contribution < 1.29 is 0 Å².